The van der Waals surface area contributed by atoms with Gasteiger partial charge in [-0.15, -0.1) is 0 Å². The maximum absolute atomic E-state index is 12.4. The molecule has 0 aliphatic carbocycles. The molecule has 0 fully saturated rings. The standard InChI is InChI=1S/C28H24N4O2/c29-27-25(7-4-18-30-27)32-28(34)24-15-10-21(11-16-24)19-31-26(33)17-12-20-8-13-23(14-9-20)22-5-2-1-3-6-22/h1-18H,19H2,(H2,29,30)(H,31,33)(H,32,34). The fourth-order valence-electron chi connectivity index (χ4n) is 3.33. The summed E-state index contributed by atoms with van der Waals surface area (Å²) in [5, 5.41) is 5.59. The zero-order chi connectivity index (χ0) is 23.8. The molecular weight excluding hydrogens is 424 g/mol. The predicted octanol–water partition coefficient (Wildman–Crippen LogP) is 4.91. The molecule has 0 aliphatic heterocycles. The number of carbonyl (C=O) groups excluding carboxylic acids is 2. The van der Waals surface area contributed by atoms with Gasteiger partial charge in [0.25, 0.3) is 5.91 Å². The number of rotatable bonds is 7. The van der Waals surface area contributed by atoms with E-state index in [-0.39, 0.29) is 17.6 Å². The maximum atomic E-state index is 12.4. The van der Waals surface area contributed by atoms with E-state index in [9.17, 15) is 9.59 Å². The fraction of sp³-hybridized carbons (Fsp3) is 0.0357. The molecule has 34 heavy (non-hydrogen) atoms. The number of anilines is 2. The number of nitrogen functional groups attached to an aromatic ring is 1. The average molecular weight is 449 g/mol. The Bertz CT molecular complexity index is 1300. The van der Waals surface area contributed by atoms with E-state index in [0.29, 0.717) is 17.8 Å². The number of nitrogens with zero attached hydrogens (tertiary/aromatic N) is 1. The van der Waals surface area contributed by atoms with Crippen LogP contribution < -0.4 is 16.4 Å². The molecular formula is C28H24N4O2. The quantitative estimate of drug-likeness (QED) is 0.350. The van der Waals surface area contributed by atoms with E-state index in [1.165, 1.54) is 6.08 Å². The first-order chi connectivity index (χ1) is 16.6. The first-order valence-corrected chi connectivity index (χ1v) is 10.8. The van der Waals surface area contributed by atoms with E-state index in [1.807, 2.05) is 42.5 Å². The third-order valence-corrected chi connectivity index (χ3v) is 5.21. The van der Waals surface area contributed by atoms with E-state index < -0.39 is 0 Å². The van der Waals surface area contributed by atoms with Gasteiger partial charge in [-0.2, -0.15) is 0 Å². The molecule has 1 heterocycles. The second kappa shape index (κ2) is 10.7. The van der Waals surface area contributed by atoms with Crippen molar-refractivity contribution in [3.05, 3.63) is 120 Å². The van der Waals surface area contributed by atoms with Crippen LogP contribution in [0.2, 0.25) is 0 Å². The minimum atomic E-state index is -0.281. The van der Waals surface area contributed by atoms with Gasteiger partial charge in [-0.3, -0.25) is 9.59 Å². The number of carbonyl (C=O) groups is 2. The van der Waals surface area contributed by atoms with Crippen molar-refractivity contribution < 1.29 is 9.59 Å². The SMILES string of the molecule is Nc1ncccc1NC(=O)c1ccc(CNC(=O)C=Cc2ccc(-c3ccccc3)cc2)cc1. The smallest absolute Gasteiger partial charge is 0.255 e. The lowest BCUT2D eigenvalue weighted by Crippen LogP contribution is -2.20. The van der Waals surface area contributed by atoms with Crippen LogP contribution in [0.4, 0.5) is 11.5 Å². The van der Waals surface area contributed by atoms with Gasteiger partial charge in [0.05, 0.1) is 5.69 Å². The Morgan fingerprint density at radius 3 is 2.24 bits per heavy atom. The molecule has 0 saturated heterocycles. The molecule has 4 rings (SSSR count). The Kier molecular flexibility index (Phi) is 7.10. The van der Waals surface area contributed by atoms with Crippen LogP contribution in [-0.4, -0.2) is 16.8 Å². The van der Waals surface area contributed by atoms with Gasteiger partial charge in [-0.05, 0) is 52.6 Å². The van der Waals surface area contributed by atoms with Crippen LogP contribution in [0.5, 0.6) is 0 Å². The topological polar surface area (TPSA) is 97.1 Å². The van der Waals surface area contributed by atoms with Gasteiger partial charge in [0.2, 0.25) is 5.91 Å². The van der Waals surface area contributed by atoms with E-state index in [0.717, 1.165) is 22.3 Å². The molecule has 0 bridgehead atoms. The molecule has 4 aromatic rings. The van der Waals surface area contributed by atoms with Crippen molar-refractivity contribution in [2.45, 2.75) is 6.54 Å². The largest absolute Gasteiger partial charge is 0.382 e. The normalized spacial score (nSPS) is 10.7. The average Bonchev–Trinajstić information content (AvgIpc) is 2.88. The van der Waals surface area contributed by atoms with Gasteiger partial charge in [-0.1, -0.05) is 66.7 Å². The monoisotopic (exact) mass is 448 g/mol. The summed E-state index contributed by atoms with van der Waals surface area (Å²) in [7, 11) is 0. The summed E-state index contributed by atoms with van der Waals surface area (Å²) in [6, 6.07) is 28.6. The zero-order valence-electron chi connectivity index (χ0n) is 18.4. The van der Waals surface area contributed by atoms with Crippen molar-refractivity contribution in [1.82, 2.24) is 10.3 Å². The molecule has 4 N–H and O–H groups in total. The third kappa shape index (κ3) is 5.95. The summed E-state index contributed by atoms with van der Waals surface area (Å²) in [4.78, 5) is 28.5. The van der Waals surface area contributed by atoms with Crippen LogP contribution in [0.25, 0.3) is 17.2 Å². The Morgan fingerprint density at radius 2 is 1.53 bits per heavy atom. The highest BCUT2D eigenvalue weighted by molar-refractivity contribution is 6.05. The number of amides is 2. The third-order valence-electron chi connectivity index (χ3n) is 5.21. The fourth-order valence-corrected chi connectivity index (χ4v) is 3.33. The number of pyridine rings is 1. The summed E-state index contributed by atoms with van der Waals surface area (Å²) in [6.45, 7) is 0.355. The molecule has 168 valence electrons. The summed E-state index contributed by atoms with van der Waals surface area (Å²) in [6.07, 6.45) is 4.85. The molecule has 0 spiro atoms. The minimum absolute atomic E-state index is 0.194. The lowest BCUT2D eigenvalue weighted by Gasteiger charge is -2.08. The summed E-state index contributed by atoms with van der Waals surface area (Å²) in [5.74, 6) is -0.215. The number of hydrogen-bond acceptors (Lipinski definition) is 4. The second-order valence-electron chi connectivity index (χ2n) is 7.63. The first-order valence-electron chi connectivity index (χ1n) is 10.8. The maximum Gasteiger partial charge on any atom is 0.255 e. The summed E-state index contributed by atoms with van der Waals surface area (Å²) >= 11 is 0. The van der Waals surface area contributed by atoms with Crippen molar-refractivity contribution in [3.63, 3.8) is 0 Å². The molecule has 2 amide bonds. The summed E-state index contributed by atoms with van der Waals surface area (Å²) in [5.41, 5.74) is 10.8. The van der Waals surface area contributed by atoms with Gasteiger partial charge >= 0.3 is 0 Å². The highest BCUT2D eigenvalue weighted by atomic mass is 16.2. The Labute approximate surface area is 198 Å². The van der Waals surface area contributed by atoms with Crippen molar-refractivity contribution in [1.29, 1.82) is 0 Å². The van der Waals surface area contributed by atoms with Gasteiger partial charge in [0.15, 0.2) is 0 Å². The van der Waals surface area contributed by atoms with Gasteiger partial charge in [-0.25, -0.2) is 4.98 Å². The lowest BCUT2D eigenvalue weighted by molar-refractivity contribution is -0.116. The Hall–Kier alpha value is -4.71. The number of aromatic nitrogens is 1. The van der Waals surface area contributed by atoms with E-state index in [4.69, 9.17) is 5.73 Å². The number of nitrogens with one attached hydrogen (secondary N) is 2. The number of benzene rings is 3. The van der Waals surface area contributed by atoms with Crippen LogP contribution in [0.15, 0.2) is 103 Å². The first kappa shape index (κ1) is 22.5. The van der Waals surface area contributed by atoms with Crippen molar-refractivity contribution in [2.75, 3.05) is 11.1 Å². The van der Waals surface area contributed by atoms with Crippen molar-refractivity contribution in [2.24, 2.45) is 0 Å². The van der Waals surface area contributed by atoms with Crippen molar-refractivity contribution >= 4 is 29.4 Å². The summed E-state index contributed by atoms with van der Waals surface area (Å²) < 4.78 is 0. The van der Waals surface area contributed by atoms with Gasteiger partial charge < -0.3 is 16.4 Å². The Balaban J connectivity index is 1.28. The second-order valence-corrected chi connectivity index (χ2v) is 7.63. The Morgan fingerprint density at radius 1 is 0.824 bits per heavy atom. The van der Waals surface area contributed by atoms with Crippen LogP contribution >= 0.6 is 0 Å². The van der Waals surface area contributed by atoms with E-state index >= 15 is 0 Å². The van der Waals surface area contributed by atoms with Crippen LogP contribution in [0, 0.1) is 0 Å². The van der Waals surface area contributed by atoms with Gasteiger partial charge in [0.1, 0.15) is 5.82 Å². The van der Waals surface area contributed by atoms with Crippen LogP contribution in [0.1, 0.15) is 21.5 Å². The molecule has 6 heteroatoms. The predicted molar refractivity (Wildman–Crippen MR) is 136 cm³/mol. The van der Waals surface area contributed by atoms with E-state index in [2.05, 4.69) is 27.8 Å². The molecule has 0 atom stereocenters. The number of hydrogen-bond donors (Lipinski definition) is 3. The molecule has 0 radical (unpaired) electrons. The minimum Gasteiger partial charge on any atom is -0.382 e. The van der Waals surface area contributed by atoms with Gasteiger partial charge in [0, 0.05) is 24.4 Å². The molecule has 6 nitrogen and oxygen atoms in total. The van der Waals surface area contributed by atoms with Crippen LogP contribution in [-0.2, 0) is 11.3 Å². The van der Waals surface area contributed by atoms with Crippen molar-refractivity contribution in [3.8, 4) is 11.1 Å². The molecule has 0 unspecified atom stereocenters. The molecule has 1 aromatic heterocycles. The zero-order valence-corrected chi connectivity index (χ0v) is 18.4. The molecule has 0 saturated carbocycles. The number of nitrogens with two attached hydrogens (primary N) is 1. The lowest BCUT2D eigenvalue weighted by atomic mass is 10.0. The van der Waals surface area contributed by atoms with Crippen LogP contribution in [0.3, 0.4) is 0 Å². The molecule has 0 aliphatic rings. The highest BCUT2D eigenvalue weighted by Gasteiger charge is 2.08. The highest BCUT2D eigenvalue weighted by Crippen LogP contribution is 2.19. The van der Waals surface area contributed by atoms with E-state index in [1.54, 1.807) is 48.7 Å². The molecule has 3 aromatic carbocycles.